The topological polar surface area (TPSA) is 128 Å². The lowest BCUT2D eigenvalue weighted by atomic mass is 10.1. The zero-order chi connectivity index (χ0) is 10.7. The van der Waals surface area contributed by atoms with Crippen LogP contribution in [0.1, 0.15) is 5.56 Å². The van der Waals surface area contributed by atoms with Crippen molar-refractivity contribution in [3.05, 3.63) is 33.9 Å². The first-order chi connectivity index (χ1) is 6.56. The SMILES string of the molecule is NC(=NO)c1ccc(N)c([N+](=O)[O-])c1. The van der Waals surface area contributed by atoms with Crippen LogP contribution in [0.5, 0.6) is 0 Å². The maximum absolute atomic E-state index is 10.5. The molecule has 0 fully saturated rings. The molecule has 0 heterocycles. The third-order valence-corrected chi connectivity index (χ3v) is 1.63. The molecule has 7 nitrogen and oxygen atoms in total. The predicted molar refractivity (Wildman–Crippen MR) is 50.0 cm³/mol. The molecule has 0 saturated heterocycles. The van der Waals surface area contributed by atoms with E-state index in [9.17, 15) is 10.1 Å². The molecule has 74 valence electrons. The van der Waals surface area contributed by atoms with Crippen LogP contribution >= 0.6 is 0 Å². The lowest BCUT2D eigenvalue weighted by molar-refractivity contribution is -0.383. The van der Waals surface area contributed by atoms with Crippen molar-refractivity contribution >= 4 is 17.2 Å². The Morgan fingerprint density at radius 2 is 2.21 bits per heavy atom. The molecule has 0 unspecified atom stereocenters. The summed E-state index contributed by atoms with van der Waals surface area (Å²) >= 11 is 0. The first kappa shape index (κ1) is 9.78. The van der Waals surface area contributed by atoms with E-state index < -0.39 is 4.92 Å². The van der Waals surface area contributed by atoms with Crippen LogP contribution in [-0.4, -0.2) is 16.0 Å². The van der Waals surface area contributed by atoms with Crippen LogP contribution in [-0.2, 0) is 0 Å². The van der Waals surface area contributed by atoms with Crippen molar-refractivity contribution in [3.63, 3.8) is 0 Å². The van der Waals surface area contributed by atoms with Gasteiger partial charge in [-0.15, -0.1) is 0 Å². The number of nitrogens with two attached hydrogens (primary N) is 2. The van der Waals surface area contributed by atoms with Crippen LogP contribution in [0.3, 0.4) is 0 Å². The summed E-state index contributed by atoms with van der Waals surface area (Å²) in [4.78, 5) is 9.83. The van der Waals surface area contributed by atoms with E-state index in [2.05, 4.69) is 5.16 Å². The summed E-state index contributed by atoms with van der Waals surface area (Å²) in [5.41, 5.74) is 10.6. The van der Waals surface area contributed by atoms with E-state index in [4.69, 9.17) is 16.7 Å². The van der Waals surface area contributed by atoms with Crippen LogP contribution in [0, 0.1) is 10.1 Å². The fourth-order valence-corrected chi connectivity index (χ4v) is 0.919. The molecule has 1 rings (SSSR count). The van der Waals surface area contributed by atoms with Gasteiger partial charge in [0.05, 0.1) is 4.92 Å². The van der Waals surface area contributed by atoms with Crippen LogP contribution in [0.25, 0.3) is 0 Å². The van der Waals surface area contributed by atoms with E-state index in [-0.39, 0.29) is 22.8 Å². The lowest BCUT2D eigenvalue weighted by Crippen LogP contribution is -2.13. The minimum absolute atomic E-state index is 0.0319. The monoisotopic (exact) mass is 196 g/mol. The zero-order valence-corrected chi connectivity index (χ0v) is 7.04. The molecule has 0 aliphatic rings. The first-order valence-electron chi connectivity index (χ1n) is 3.58. The molecule has 0 aliphatic carbocycles. The number of anilines is 1. The van der Waals surface area contributed by atoms with E-state index in [1.807, 2.05) is 0 Å². The van der Waals surface area contributed by atoms with Gasteiger partial charge in [-0.05, 0) is 12.1 Å². The van der Waals surface area contributed by atoms with Crippen LogP contribution in [0.15, 0.2) is 23.4 Å². The Morgan fingerprint density at radius 3 is 2.71 bits per heavy atom. The standard InChI is InChI=1S/C7H8N4O3/c8-5-2-1-4(7(9)10-12)3-6(5)11(13)14/h1-3,12H,8H2,(H2,9,10). The van der Waals surface area contributed by atoms with Crippen LogP contribution < -0.4 is 11.5 Å². The summed E-state index contributed by atoms with van der Waals surface area (Å²) in [5.74, 6) is -0.201. The number of nitro benzene ring substituents is 1. The van der Waals surface area contributed by atoms with Crippen LogP contribution in [0.2, 0.25) is 0 Å². The highest BCUT2D eigenvalue weighted by Crippen LogP contribution is 2.21. The number of hydrogen-bond donors (Lipinski definition) is 3. The molecule has 0 radical (unpaired) electrons. The Kier molecular flexibility index (Phi) is 2.52. The number of hydrogen-bond acceptors (Lipinski definition) is 5. The molecule has 7 heteroatoms. The van der Waals surface area contributed by atoms with E-state index >= 15 is 0 Å². The zero-order valence-electron chi connectivity index (χ0n) is 7.04. The predicted octanol–water partition coefficient (Wildman–Crippen LogP) is 0.272. The summed E-state index contributed by atoms with van der Waals surface area (Å²) in [6.07, 6.45) is 0. The van der Waals surface area contributed by atoms with Crippen molar-refractivity contribution in [2.75, 3.05) is 5.73 Å². The van der Waals surface area contributed by atoms with Gasteiger partial charge in [-0.2, -0.15) is 0 Å². The number of nitrogens with zero attached hydrogens (tertiary/aromatic N) is 2. The average Bonchev–Trinajstić information content (AvgIpc) is 2.17. The maximum Gasteiger partial charge on any atom is 0.292 e. The lowest BCUT2D eigenvalue weighted by Gasteiger charge is -2.00. The molecular weight excluding hydrogens is 188 g/mol. The molecule has 1 aromatic rings. The quantitative estimate of drug-likeness (QED) is 0.156. The third-order valence-electron chi connectivity index (χ3n) is 1.63. The molecule has 0 saturated carbocycles. The molecule has 0 amide bonds. The summed E-state index contributed by atoms with van der Waals surface area (Å²) in [5, 5.41) is 21.5. The van der Waals surface area contributed by atoms with E-state index in [0.717, 1.165) is 6.07 Å². The molecule has 0 aliphatic heterocycles. The Hall–Kier alpha value is -2.31. The highest BCUT2D eigenvalue weighted by Gasteiger charge is 2.13. The van der Waals surface area contributed by atoms with E-state index in [0.29, 0.717) is 0 Å². The number of amidine groups is 1. The van der Waals surface area contributed by atoms with Crippen molar-refractivity contribution in [2.24, 2.45) is 10.9 Å². The smallest absolute Gasteiger partial charge is 0.292 e. The minimum Gasteiger partial charge on any atom is -0.409 e. The van der Waals surface area contributed by atoms with E-state index in [1.165, 1.54) is 12.1 Å². The highest BCUT2D eigenvalue weighted by atomic mass is 16.6. The van der Waals surface area contributed by atoms with Gasteiger partial charge in [0, 0.05) is 11.6 Å². The van der Waals surface area contributed by atoms with Crippen molar-refractivity contribution < 1.29 is 10.1 Å². The van der Waals surface area contributed by atoms with Gasteiger partial charge in [0.15, 0.2) is 5.84 Å². The molecular formula is C7H8N4O3. The molecule has 0 bridgehead atoms. The molecule has 14 heavy (non-hydrogen) atoms. The van der Waals surface area contributed by atoms with Gasteiger partial charge < -0.3 is 16.7 Å². The Balaban J connectivity index is 3.26. The first-order valence-corrected chi connectivity index (χ1v) is 3.58. The van der Waals surface area contributed by atoms with Crippen molar-refractivity contribution in [1.29, 1.82) is 0 Å². The summed E-state index contributed by atoms with van der Waals surface area (Å²) in [7, 11) is 0. The molecule has 1 aromatic carbocycles. The van der Waals surface area contributed by atoms with Crippen molar-refractivity contribution in [1.82, 2.24) is 0 Å². The maximum atomic E-state index is 10.5. The van der Waals surface area contributed by atoms with Gasteiger partial charge in [0.1, 0.15) is 5.69 Å². The second-order valence-corrected chi connectivity index (χ2v) is 2.52. The normalized spacial score (nSPS) is 11.3. The highest BCUT2D eigenvalue weighted by molar-refractivity contribution is 5.98. The number of nitro groups is 1. The molecule has 5 N–H and O–H groups in total. The second kappa shape index (κ2) is 3.60. The van der Waals surface area contributed by atoms with Gasteiger partial charge in [0.2, 0.25) is 0 Å². The number of oxime groups is 1. The van der Waals surface area contributed by atoms with Gasteiger partial charge >= 0.3 is 0 Å². The van der Waals surface area contributed by atoms with Gasteiger partial charge in [-0.3, -0.25) is 10.1 Å². The van der Waals surface area contributed by atoms with Crippen molar-refractivity contribution in [2.45, 2.75) is 0 Å². The second-order valence-electron chi connectivity index (χ2n) is 2.52. The molecule has 0 aromatic heterocycles. The fraction of sp³-hybridized carbons (Fsp3) is 0. The number of rotatable bonds is 2. The third kappa shape index (κ3) is 1.71. The van der Waals surface area contributed by atoms with Gasteiger partial charge in [-0.1, -0.05) is 5.16 Å². The minimum atomic E-state index is -0.635. The fourth-order valence-electron chi connectivity index (χ4n) is 0.919. The largest absolute Gasteiger partial charge is 0.409 e. The van der Waals surface area contributed by atoms with Crippen LogP contribution in [0.4, 0.5) is 11.4 Å². The summed E-state index contributed by atoms with van der Waals surface area (Å²) in [6, 6.07) is 3.90. The summed E-state index contributed by atoms with van der Waals surface area (Å²) < 4.78 is 0. The summed E-state index contributed by atoms with van der Waals surface area (Å²) in [6.45, 7) is 0. The number of nitrogen functional groups attached to an aromatic ring is 1. The van der Waals surface area contributed by atoms with Crippen molar-refractivity contribution in [3.8, 4) is 0 Å². The van der Waals surface area contributed by atoms with Gasteiger partial charge in [-0.25, -0.2) is 0 Å². The molecule has 0 spiro atoms. The van der Waals surface area contributed by atoms with Gasteiger partial charge in [0.25, 0.3) is 5.69 Å². The molecule has 0 atom stereocenters. The Morgan fingerprint density at radius 1 is 1.57 bits per heavy atom. The van der Waals surface area contributed by atoms with E-state index in [1.54, 1.807) is 0 Å². The average molecular weight is 196 g/mol. The Labute approximate surface area is 78.8 Å². The Bertz CT molecular complexity index is 402. The number of benzene rings is 1.